The van der Waals surface area contributed by atoms with Crippen LogP contribution in [0.25, 0.3) is 11.0 Å². The third-order valence-corrected chi connectivity index (χ3v) is 1.88. The average molecular weight is 174 g/mol. The predicted octanol–water partition coefficient (Wildman–Crippen LogP) is 1.78. The minimum absolute atomic E-state index is 0.579. The first-order chi connectivity index (χ1) is 6.42. The lowest BCUT2D eigenvalue weighted by molar-refractivity contribution is 0.186. The minimum Gasteiger partial charge on any atom is -0.380 e. The van der Waals surface area contributed by atoms with Gasteiger partial charge in [0.1, 0.15) is 0 Å². The van der Waals surface area contributed by atoms with E-state index in [9.17, 15) is 0 Å². The van der Waals surface area contributed by atoms with Gasteiger partial charge in [-0.2, -0.15) is 0 Å². The molecule has 0 aliphatic rings. The number of benzene rings is 1. The monoisotopic (exact) mass is 174 g/mol. The standard InChI is InChI=1S/C10H10N2O/c1-13-7-8-3-2-4-9-10(8)12-6-5-11-9/h2-6H,7H2,1H3. The zero-order chi connectivity index (χ0) is 9.10. The Morgan fingerprint density at radius 1 is 1.23 bits per heavy atom. The molecule has 0 saturated carbocycles. The van der Waals surface area contributed by atoms with Crippen LogP contribution in [-0.2, 0) is 11.3 Å². The number of para-hydroxylation sites is 1. The fourth-order valence-electron chi connectivity index (χ4n) is 1.32. The quantitative estimate of drug-likeness (QED) is 0.696. The summed E-state index contributed by atoms with van der Waals surface area (Å²) in [6, 6.07) is 5.91. The number of hydrogen-bond acceptors (Lipinski definition) is 3. The van der Waals surface area contributed by atoms with Crippen LogP contribution in [0.1, 0.15) is 5.56 Å². The molecular formula is C10H10N2O. The maximum absolute atomic E-state index is 5.07. The summed E-state index contributed by atoms with van der Waals surface area (Å²) >= 11 is 0. The first-order valence-electron chi connectivity index (χ1n) is 4.09. The molecule has 0 unspecified atom stereocenters. The van der Waals surface area contributed by atoms with Gasteiger partial charge in [0.25, 0.3) is 0 Å². The molecule has 13 heavy (non-hydrogen) atoms. The van der Waals surface area contributed by atoms with Gasteiger partial charge in [-0.1, -0.05) is 12.1 Å². The van der Waals surface area contributed by atoms with Crippen molar-refractivity contribution in [1.29, 1.82) is 0 Å². The maximum Gasteiger partial charge on any atom is 0.0941 e. The van der Waals surface area contributed by atoms with Gasteiger partial charge >= 0.3 is 0 Å². The van der Waals surface area contributed by atoms with Crippen molar-refractivity contribution in [2.45, 2.75) is 6.61 Å². The van der Waals surface area contributed by atoms with E-state index in [2.05, 4.69) is 9.97 Å². The molecule has 0 aliphatic heterocycles. The lowest BCUT2D eigenvalue weighted by atomic mass is 10.2. The Labute approximate surface area is 76.4 Å². The number of fused-ring (bicyclic) bond motifs is 1. The molecule has 0 fully saturated rings. The predicted molar refractivity (Wildman–Crippen MR) is 50.3 cm³/mol. The van der Waals surface area contributed by atoms with Crippen LogP contribution in [0, 0.1) is 0 Å². The van der Waals surface area contributed by atoms with Crippen LogP contribution in [0.3, 0.4) is 0 Å². The molecule has 1 aromatic carbocycles. The number of aromatic nitrogens is 2. The van der Waals surface area contributed by atoms with Crippen molar-refractivity contribution in [3.05, 3.63) is 36.2 Å². The third-order valence-electron chi connectivity index (χ3n) is 1.88. The summed E-state index contributed by atoms with van der Waals surface area (Å²) in [6.07, 6.45) is 3.39. The summed E-state index contributed by atoms with van der Waals surface area (Å²) in [6.45, 7) is 0.579. The van der Waals surface area contributed by atoms with Gasteiger partial charge in [-0.3, -0.25) is 9.97 Å². The molecule has 66 valence electrons. The van der Waals surface area contributed by atoms with Crippen LogP contribution in [0.2, 0.25) is 0 Å². The van der Waals surface area contributed by atoms with Crippen LogP contribution >= 0.6 is 0 Å². The fraction of sp³-hybridized carbons (Fsp3) is 0.200. The summed E-state index contributed by atoms with van der Waals surface area (Å²) in [4.78, 5) is 8.46. The highest BCUT2D eigenvalue weighted by Crippen LogP contribution is 2.13. The number of nitrogens with zero attached hydrogens (tertiary/aromatic N) is 2. The summed E-state index contributed by atoms with van der Waals surface area (Å²) in [5.41, 5.74) is 2.91. The van der Waals surface area contributed by atoms with Gasteiger partial charge in [-0.25, -0.2) is 0 Å². The number of ether oxygens (including phenoxy) is 1. The van der Waals surface area contributed by atoms with E-state index >= 15 is 0 Å². The van der Waals surface area contributed by atoms with Crippen molar-refractivity contribution in [3.63, 3.8) is 0 Å². The van der Waals surface area contributed by atoms with E-state index in [4.69, 9.17) is 4.74 Å². The molecule has 0 atom stereocenters. The molecule has 3 heteroatoms. The van der Waals surface area contributed by atoms with Crippen LogP contribution in [0.5, 0.6) is 0 Å². The van der Waals surface area contributed by atoms with Crippen LogP contribution in [0.15, 0.2) is 30.6 Å². The van der Waals surface area contributed by atoms with E-state index in [-0.39, 0.29) is 0 Å². The molecule has 2 rings (SSSR count). The summed E-state index contributed by atoms with van der Waals surface area (Å²) in [7, 11) is 1.68. The van der Waals surface area contributed by atoms with Gasteiger partial charge in [-0.15, -0.1) is 0 Å². The van der Waals surface area contributed by atoms with Gasteiger partial charge in [0, 0.05) is 25.1 Å². The topological polar surface area (TPSA) is 35.0 Å². The number of rotatable bonds is 2. The second-order valence-electron chi connectivity index (χ2n) is 2.77. The Morgan fingerprint density at radius 3 is 2.92 bits per heavy atom. The minimum atomic E-state index is 0.579. The van der Waals surface area contributed by atoms with Gasteiger partial charge in [0.15, 0.2) is 0 Å². The summed E-state index contributed by atoms with van der Waals surface area (Å²) in [5, 5.41) is 0. The van der Waals surface area contributed by atoms with Crippen molar-refractivity contribution >= 4 is 11.0 Å². The summed E-state index contributed by atoms with van der Waals surface area (Å²) in [5.74, 6) is 0. The molecule has 0 saturated heterocycles. The molecule has 0 amide bonds. The second-order valence-corrected chi connectivity index (χ2v) is 2.77. The third kappa shape index (κ3) is 1.51. The SMILES string of the molecule is COCc1cccc2nccnc12. The molecule has 0 spiro atoms. The zero-order valence-electron chi connectivity index (χ0n) is 7.40. The van der Waals surface area contributed by atoms with E-state index < -0.39 is 0 Å². The Hall–Kier alpha value is -1.48. The van der Waals surface area contributed by atoms with Gasteiger partial charge in [0.05, 0.1) is 17.6 Å². The first-order valence-corrected chi connectivity index (χ1v) is 4.09. The van der Waals surface area contributed by atoms with E-state index in [1.165, 1.54) is 0 Å². The van der Waals surface area contributed by atoms with Gasteiger partial charge in [0.2, 0.25) is 0 Å². The average Bonchev–Trinajstić information content (AvgIpc) is 2.19. The molecule has 0 N–H and O–H groups in total. The van der Waals surface area contributed by atoms with Gasteiger partial charge in [-0.05, 0) is 6.07 Å². The largest absolute Gasteiger partial charge is 0.380 e. The number of methoxy groups -OCH3 is 1. The maximum atomic E-state index is 5.07. The van der Waals surface area contributed by atoms with E-state index in [0.717, 1.165) is 16.6 Å². The Bertz CT molecular complexity index is 409. The highest BCUT2D eigenvalue weighted by molar-refractivity contribution is 5.77. The fourth-order valence-corrected chi connectivity index (χ4v) is 1.32. The molecule has 2 aromatic rings. The second kappa shape index (κ2) is 3.49. The Kier molecular flexibility index (Phi) is 2.19. The van der Waals surface area contributed by atoms with E-state index in [1.807, 2.05) is 18.2 Å². The van der Waals surface area contributed by atoms with Crippen molar-refractivity contribution in [1.82, 2.24) is 9.97 Å². The van der Waals surface area contributed by atoms with Crippen molar-refractivity contribution < 1.29 is 4.74 Å². The first kappa shape index (κ1) is 8.13. The van der Waals surface area contributed by atoms with Gasteiger partial charge < -0.3 is 4.74 Å². The van der Waals surface area contributed by atoms with Crippen LogP contribution in [0.4, 0.5) is 0 Å². The normalized spacial score (nSPS) is 10.5. The zero-order valence-corrected chi connectivity index (χ0v) is 7.40. The highest BCUT2D eigenvalue weighted by atomic mass is 16.5. The van der Waals surface area contributed by atoms with Crippen molar-refractivity contribution in [2.75, 3.05) is 7.11 Å². The Morgan fingerprint density at radius 2 is 2.08 bits per heavy atom. The molecule has 1 heterocycles. The molecule has 0 aliphatic carbocycles. The molecule has 0 radical (unpaired) electrons. The number of hydrogen-bond donors (Lipinski definition) is 0. The van der Waals surface area contributed by atoms with E-state index in [1.54, 1.807) is 19.5 Å². The molecular weight excluding hydrogens is 164 g/mol. The molecule has 0 bridgehead atoms. The van der Waals surface area contributed by atoms with Crippen molar-refractivity contribution in [2.24, 2.45) is 0 Å². The molecule has 3 nitrogen and oxygen atoms in total. The lowest BCUT2D eigenvalue weighted by Gasteiger charge is -2.02. The molecule has 1 aromatic heterocycles. The van der Waals surface area contributed by atoms with E-state index in [0.29, 0.717) is 6.61 Å². The van der Waals surface area contributed by atoms with Crippen molar-refractivity contribution in [3.8, 4) is 0 Å². The van der Waals surface area contributed by atoms with Crippen LogP contribution in [-0.4, -0.2) is 17.1 Å². The Balaban J connectivity index is 2.61. The lowest BCUT2D eigenvalue weighted by Crippen LogP contribution is -1.92. The highest BCUT2D eigenvalue weighted by Gasteiger charge is 2.00. The van der Waals surface area contributed by atoms with Crippen LogP contribution < -0.4 is 0 Å². The summed E-state index contributed by atoms with van der Waals surface area (Å²) < 4.78 is 5.07. The smallest absolute Gasteiger partial charge is 0.0941 e.